The second kappa shape index (κ2) is 4.02. The number of imidazole rings is 1. The SMILES string of the molecule is Cc1cc2ncn(-c3nc(N)nc4[nH]ncc34)c2cc1C. The van der Waals surface area contributed by atoms with Crippen molar-refractivity contribution in [3.63, 3.8) is 0 Å². The van der Waals surface area contributed by atoms with E-state index < -0.39 is 0 Å². The normalized spacial score (nSPS) is 11.5. The summed E-state index contributed by atoms with van der Waals surface area (Å²) in [7, 11) is 0. The van der Waals surface area contributed by atoms with Gasteiger partial charge in [-0.15, -0.1) is 0 Å². The fourth-order valence-corrected chi connectivity index (χ4v) is 2.45. The van der Waals surface area contributed by atoms with Crippen LogP contribution in [0.5, 0.6) is 0 Å². The molecule has 7 heteroatoms. The lowest BCUT2D eigenvalue weighted by Crippen LogP contribution is -2.03. The van der Waals surface area contributed by atoms with Gasteiger partial charge in [0.05, 0.1) is 22.6 Å². The number of nitrogens with two attached hydrogens (primary N) is 1. The minimum Gasteiger partial charge on any atom is -0.368 e. The number of aryl methyl sites for hydroxylation is 2. The van der Waals surface area contributed by atoms with Gasteiger partial charge >= 0.3 is 0 Å². The summed E-state index contributed by atoms with van der Waals surface area (Å²) in [6.45, 7) is 4.15. The van der Waals surface area contributed by atoms with Crippen molar-refractivity contribution in [2.24, 2.45) is 0 Å². The standard InChI is InChI=1S/C14H13N7/c1-7-3-10-11(4-8(7)2)21(6-16-10)13-9-5-17-20-12(9)18-14(15)19-13/h3-6H,1-2H3,(H3,15,17,18,19,20). The summed E-state index contributed by atoms with van der Waals surface area (Å²) in [5.41, 5.74) is 10.7. The number of hydrogen-bond donors (Lipinski definition) is 2. The van der Waals surface area contributed by atoms with Crippen LogP contribution in [-0.4, -0.2) is 29.7 Å². The molecule has 21 heavy (non-hydrogen) atoms. The van der Waals surface area contributed by atoms with Crippen LogP contribution in [0.3, 0.4) is 0 Å². The summed E-state index contributed by atoms with van der Waals surface area (Å²) in [6.07, 6.45) is 3.44. The fourth-order valence-electron chi connectivity index (χ4n) is 2.45. The van der Waals surface area contributed by atoms with E-state index in [-0.39, 0.29) is 5.95 Å². The zero-order valence-corrected chi connectivity index (χ0v) is 11.6. The summed E-state index contributed by atoms with van der Waals surface area (Å²) >= 11 is 0. The molecule has 104 valence electrons. The van der Waals surface area contributed by atoms with Gasteiger partial charge in [0.1, 0.15) is 6.33 Å². The van der Waals surface area contributed by atoms with Crippen LogP contribution in [0.25, 0.3) is 27.9 Å². The first-order valence-electron chi connectivity index (χ1n) is 6.55. The molecule has 0 spiro atoms. The van der Waals surface area contributed by atoms with Crippen molar-refractivity contribution in [2.45, 2.75) is 13.8 Å². The quantitative estimate of drug-likeness (QED) is 0.554. The molecule has 0 radical (unpaired) electrons. The molecule has 0 saturated carbocycles. The Kier molecular flexibility index (Phi) is 2.26. The minimum atomic E-state index is 0.201. The van der Waals surface area contributed by atoms with E-state index >= 15 is 0 Å². The predicted molar refractivity (Wildman–Crippen MR) is 80.2 cm³/mol. The van der Waals surface area contributed by atoms with E-state index in [4.69, 9.17) is 5.73 Å². The number of anilines is 1. The smallest absolute Gasteiger partial charge is 0.224 e. The van der Waals surface area contributed by atoms with Crippen LogP contribution in [0.15, 0.2) is 24.7 Å². The highest BCUT2D eigenvalue weighted by molar-refractivity contribution is 5.87. The Hall–Kier alpha value is -2.96. The van der Waals surface area contributed by atoms with Crippen molar-refractivity contribution in [1.29, 1.82) is 0 Å². The molecule has 3 heterocycles. The third kappa shape index (κ3) is 1.67. The molecular weight excluding hydrogens is 266 g/mol. The first-order chi connectivity index (χ1) is 10.1. The summed E-state index contributed by atoms with van der Waals surface area (Å²) in [5.74, 6) is 0.879. The third-order valence-electron chi connectivity index (χ3n) is 3.70. The van der Waals surface area contributed by atoms with Gasteiger partial charge in [-0.3, -0.25) is 9.67 Å². The van der Waals surface area contributed by atoms with Crippen molar-refractivity contribution in [3.8, 4) is 5.82 Å². The summed E-state index contributed by atoms with van der Waals surface area (Å²) in [5, 5.41) is 7.63. The van der Waals surface area contributed by atoms with E-state index in [2.05, 4.69) is 51.1 Å². The molecule has 0 unspecified atom stereocenters. The highest BCUT2D eigenvalue weighted by Gasteiger charge is 2.13. The molecule has 4 rings (SSSR count). The number of rotatable bonds is 1. The number of nitrogens with one attached hydrogen (secondary N) is 1. The van der Waals surface area contributed by atoms with Crippen molar-refractivity contribution in [2.75, 3.05) is 5.73 Å². The lowest BCUT2D eigenvalue weighted by atomic mass is 10.1. The number of benzene rings is 1. The second-order valence-corrected chi connectivity index (χ2v) is 5.08. The molecule has 3 aromatic heterocycles. The Balaban J connectivity index is 2.09. The summed E-state index contributed by atoms with van der Waals surface area (Å²) < 4.78 is 1.91. The topological polar surface area (TPSA) is 98.3 Å². The summed E-state index contributed by atoms with van der Waals surface area (Å²) in [4.78, 5) is 12.9. The fraction of sp³-hybridized carbons (Fsp3) is 0.143. The lowest BCUT2D eigenvalue weighted by Gasteiger charge is -2.06. The van der Waals surface area contributed by atoms with E-state index in [1.807, 2.05) is 4.57 Å². The van der Waals surface area contributed by atoms with Gasteiger partial charge in [0, 0.05) is 0 Å². The van der Waals surface area contributed by atoms with Gasteiger partial charge in [-0.05, 0) is 37.1 Å². The second-order valence-electron chi connectivity index (χ2n) is 5.08. The molecule has 4 aromatic rings. The number of nitrogens with zero attached hydrogens (tertiary/aromatic N) is 5. The van der Waals surface area contributed by atoms with Crippen LogP contribution >= 0.6 is 0 Å². The first-order valence-corrected chi connectivity index (χ1v) is 6.55. The molecule has 0 aliphatic carbocycles. The Morgan fingerprint density at radius 1 is 1.14 bits per heavy atom. The maximum absolute atomic E-state index is 5.78. The van der Waals surface area contributed by atoms with Crippen molar-refractivity contribution < 1.29 is 0 Å². The number of nitrogen functional groups attached to an aromatic ring is 1. The van der Waals surface area contributed by atoms with Gasteiger partial charge in [-0.25, -0.2) is 4.98 Å². The highest BCUT2D eigenvalue weighted by Crippen LogP contribution is 2.24. The van der Waals surface area contributed by atoms with Gasteiger partial charge in [0.2, 0.25) is 5.95 Å². The zero-order chi connectivity index (χ0) is 14.6. The number of aromatic amines is 1. The van der Waals surface area contributed by atoms with Crippen molar-refractivity contribution >= 4 is 28.0 Å². The van der Waals surface area contributed by atoms with Gasteiger partial charge in [-0.1, -0.05) is 0 Å². The molecule has 0 bridgehead atoms. The average molecular weight is 279 g/mol. The maximum Gasteiger partial charge on any atom is 0.224 e. The third-order valence-corrected chi connectivity index (χ3v) is 3.70. The molecule has 0 fully saturated rings. The van der Waals surface area contributed by atoms with Crippen LogP contribution in [0.2, 0.25) is 0 Å². The molecule has 1 aromatic carbocycles. The average Bonchev–Trinajstić information content (AvgIpc) is 3.05. The van der Waals surface area contributed by atoms with Crippen LogP contribution in [0.1, 0.15) is 11.1 Å². The van der Waals surface area contributed by atoms with Gasteiger partial charge in [0.25, 0.3) is 0 Å². The summed E-state index contributed by atoms with van der Waals surface area (Å²) in [6, 6.07) is 4.17. The lowest BCUT2D eigenvalue weighted by molar-refractivity contribution is 1.02. The molecule has 3 N–H and O–H groups in total. The Morgan fingerprint density at radius 2 is 1.95 bits per heavy atom. The zero-order valence-electron chi connectivity index (χ0n) is 11.6. The number of aromatic nitrogens is 6. The van der Waals surface area contributed by atoms with Crippen LogP contribution < -0.4 is 5.73 Å². The highest BCUT2D eigenvalue weighted by atomic mass is 15.2. The molecular formula is C14H13N7. The van der Waals surface area contributed by atoms with E-state index in [1.54, 1.807) is 12.5 Å². The van der Waals surface area contributed by atoms with E-state index in [1.165, 1.54) is 11.1 Å². The molecule has 0 atom stereocenters. The first kappa shape index (κ1) is 11.8. The maximum atomic E-state index is 5.78. The monoisotopic (exact) mass is 279 g/mol. The minimum absolute atomic E-state index is 0.201. The van der Waals surface area contributed by atoms with Gasteiger partial charge in [0.15, 0.2) is 11.5 Å². The van der Waals surface area contributed by atoms with Crippen LogP contribution in [0.4, 0.5) is 5.95 Å². The van der Waals surface area contributed by atoms with E-state index in [0.717, 1.165) is 16.4 Å². The van der Waals surface area contributed by atoms with Gasteiger partial charge < -0.3 is 5.73 Å². The molecule has 0 amide bonds. The van der Waals surface area contributed by atoms with Gasteiger partial charge in [-0.2, -0.15) is 15.1 Å². The van der Waals surface area contributed by atoms with Crippen molar-refractivity contribution in [1.82, 2.24) is 29.7 Å². The number of H-pyrrole nitrogens is 1. The van der Waals surface area contributed by atoms with Crippen molar-refractivity contribution in [3.05, 3.63) is 35.8 Å². The van der Waals surface area contributed by atoms with Crippen LogP contribution in [-0.2, 0) is 0 Å². The number of fused-ring (bicyclic) bond motifs is 2. The van der Waals surface area contributed by atoms with E-state index in [0.29, 0.717) is 11.5 Å². The Labute approximate surface area is 119 Å². The Bertz CT molecular complexity index is 980. The Morgan fingerprint density at radius 3 is 2.81 bits per heavy atom. The predicted octanol–water partition coefficient (Wildman–Crippen LogP) is 1.89. The van der Waals surface area contributed by atoms with E-state index in [9.17, 15) is 0 Å². The molecule has 0 aliphatic rings. The largest absolute Gasteiger partial charge is 0.368 e. The molecule has 0 aliphatic heterocycles. The molecule has 0 saturated heterocycles. The number of hydrogen-bond acceptors (Lipinski definition) is 5. The van der Waals surface area contributed by atoms with Crippen LogP contribution in [0, 0.1) is 13.8 Å². The molecule has 7 nitrogen and oxygen atoms in total.